The van der Waals surface area contributed by atoms with Gasteiger partial charge in [-0.3, -0.25) is 0 Å². The molecule has 0 spiro atoms. The zero-order valence-electron chi connectivity index (χ0n) is 8.68. The van der Waals surface area contributed by atoms with Gasteiger partial charge in [0.1, 0.15) is 11.2 Å². The third-order valence-corrected chi connectivity index (χ3v) is 4.61. The predicted octanol–water partition coefficient (Wildman–Crippen LogP) is 5.30. The molecule has 0 heterocycles. The number of hydrogen-bond acceptors (Lipinski definition) is 1. The van der Waals surface area contributed by atoms with Crippen LogP contribution in [0.2, 0.25) is 0 Å². The number of halogens is 6. The maximum absolute atomic E-state index is 5.76. The van der Waals surface area contributed by atoms with Crippen LogP contribution in [0.4, 0.5) is 0 Å². The van der Waals surface area contributed by atoms with Gasteiger partial charge in [-0.2, -0.15) is 0 Å². The van der Waals surface area contributed by atoms with Crippen LogP contribution in [-0.4, -0.2) is 18.8 Å². The average molecular weight is 337 g/mol. The molecule has 0 aromatic rings. The van der Waals surface area contributed by atoms with Crippen LogP contribution in [0.3, 0.4) is 0 Å². The van der Waals surface area contributed by atoms with Crippen molar-refractivity contribution in [2.24, 2.45) is 0 Å². The van der Waals surface area contributed by atoms with Gasteiger partial charge in [-0.1, -0.05) is 69.6 Å². The van der Waals surface area contributed by atoms with E-state index in [1.165, 1.54) is 0 Å². The molecule has 0 saturated heterocycles. The van der Waals surface area contributed by atoms with Gasteiger partial charge in [-0.15, -0.1) is 0 Å². The Morgan fingerprint density at radius 1 is 0.600 bits per heavy atom. The van der Waals surface area contributed by atoms with E-state index in [-0.39, 0.29) is 0 Å². The van der Waals surface area contributed by atoms with E-state index >= 15 is 0 Å². The summed E-state index contributed by atoms with van der Waals surface area (Å²) in [4.78, 5) is 0. The van der Waals surface area contributed by atoms with Crippen LogP contribution < -0.4 is 0 Å². The summed E-state index contributed by atoms with van der Waals surface area (Å²) in [6, 6.07) is 0. The van der Waals surface area contributed by atoms with Crippen molar-refractivity contribution in [1.29, 1.82) is 0 Å². The first kappa shape index (κ1) is 16.7. The molecule has 0 bridgehead atoms. The highest BCUT2D eigenvalue weighted by Gasteiger charge is 2.51. The first-order valence-electron chi connectivity index (χ1n) is 4.04. The highest BCUT2D eigenvalue weighted by molar-refractivity contribution is 6.69. The monoisotopic (exact) mass is 334 g/mol. The Morgan fingerprint density at radius 3 is 0.933 bits per heavy atom. The second-order valence-electron chi connectivity index (χ2n) is 4.12. The molecule has 0 fully saturated rings. The van der Waals surface area contributed by atoms with Crippen molar-refractivity contribution in [3.8, 4) is 0 Å². The largest absolute Gasteiger partial charge is 0.361 e. The van der Waals surface area contributed by atoms with Gasteiger partial charge in [0.15, 0.2) is 0 Å². The molecule has 0 atom stereocenters. The summed E-state index contributed by atoms with van der Waals surface area (Å²) in [5, 5.41) is 0. The van der Waals surface area contributed by atoms with E-state index in [4.69, 9.17) is 74.3 Å². The van der Waals surface area contributed by atoms with Crippen LogP contribution in [0, 0.1) is 0 Å². The van der Waals surface area contributed by atoms with Gasteiger partial charge >= 0.3 is 0 Å². The zero-order valence-corrected chi connectivity index (χ0v) is 13.2. The van der Waals surface area contributed by atoms with Gasteiger partial charge in [0.25, 0.3) is 0 Å². The normalized spacial score (nSPS) is 15.6. The fourth-order valence-electron chi connectivity index (χ4n) is 0.754. The van der Waals surface area contributed by atoms with Crippen LogP contribution in [0.15, 0.2) is 0 Å². The average Bonchev–Trinajstić information content (AvgIpc) is 1.77. The van der Waals surface area contributed by atoms with Crippen molar-refractivity contribution >= 4 is 69.6 Å². The Hall–Kier alpha value is 1.70. The molecule has 0 aromatic heterocycles. The molecular weight excluding hydrogens is 325 g/mol. The number of alkyl halides is 6. The van der Waals surface area contributed by atoms with Crippen molar-refractivity contribution in [2.75, 3.05) is 0 Å². The summed E-state index contributed by atoms with van der Waals surface area (Å²) in [7, 11) is 0. The smallest absolute Gasteiger partial charge is 0.218 e. The van der Waals surface area contributed by atoms with E-state index in [9.17, 15) is 0 Å². The Morgan fingerprint density at radius 2 is 0.800 bits per heavy atom. The molecular formula is C8H12Cl6O. The topological polar surface area (TPSA) is 9.23 Å². The SMILES string of the molecule is CC(C)(OC(C)(C)C(Cl)(Cl)Cl)C(Cl)(Cl)Cl. The third kappa shape index (κ3) is 4.46. The summed E-state index contributed by atoms with van der Waals surface area (Å²) in [6.45, 7) is 6.44. The van der Waals surface area contributed by atoms with Gasteiger partial charge in [-0.25, -0.2) is 0 Å². The molecule has 0 rings (SSSR count). The summed E-state index contributed by atoms with van der Waals surface area (Å²) in [5.74, 6) is 0. The number of ether oxygens (including phenoxy) is 1. The van der Waals surface area contributed by atoms with Crippen molar-refractivity contribution in [3.05, 3.63) is 0 Å². The highest BCUT2D eigenvalue weighted by Crippen LogP contribution is 2.48. The first-order valence-corrected chi connectivity index (χ1v) is 6.31. The molecule has 92 valence electrons. The summed E-state index contributed by atoms with van der Waals surface area (Å²) < 4.78 is 2.34. The zero-order chi connectivity index (χ0) is 12.7. The molecule has 1 nitrogen and oxygen atoms in total. The van der Waals surface area contributed by atoms with Crippen molar-refractivity contribution in [1.82, 2.24) is 0 Å². The van der Waals surface area contributed by atoms with E-state index < -0.39 is 18.8 Å². The maximum atomic E-state index is 5.76. The molecule has 7 heteroatoms. The minimum absolute atomic E-state index is 1.08. The minimum atomic E-state index is -1.61. The maximum Gasteiger partial charge on any atom is 0.218 e. The fourth-order valence-corrected chi connectivity index (χ4v) is 0.985. The molecule has 0 aliphatic carbocycles. The Bertz CT molecular complexity index is 200. The lowest BCUT2D eigenvalue weighted by Crippen LogP contribution is -2.51. The lowest BCUT2D eigenvalue weighted by molar-refractivity contribution is -0.117. The third-order valence-electron chi connectivity index (χ3n) is 1.88. The van der Waals surface area contributed by atoms with Gasteiger partial charge < -0.3 is 4.74 Å². The fraction of sp³-hybridized carbons (Fsp3) is 1.00. The van der Waals surface area contributed by atoms with Crippen molar-refractivity contribution < 1.29 is 4.74 Å². The van der Waals surface area contributed by atoms with Crippen LogP contribution in [0.1, 0.15) is 27.7 Å². The van der Waals surface area contributed by atoms with E-state index in [0.717, 1.165) is 0 Å². The summed E-state index contributed by atoms with van der Waals surface area (Å²) in [5.41, 5.74) is -2.16. The van der Waals surface area contributed by atoms with Crippen molar-refractivity contribution in [3.63, 3.8) is 0 Å². The van der Waals surface area contributed by atoms with Crippen LogP contribution >= 0.6 is 69.6 Å². The quantitative estimate of drug-likeness (QED) is 0.622. The van der Waals surface area contributed by atoms with Crippen LogP contribution in [0.25, 0.3) is 0 Å². The molecule has 0 radical (unpaired) electrons. The van der Waals surface area contributed by atoms with Gasteiger partial charge in [0, 0.05) is 0 Å². The standard InChI is InChI=1S/C8H12Cl6O/c1-5(2,7(9,10)11)15-6(3,4)8(12,13)14/h1-4H3. The molecule has 0 saturated carbocycles. The molecule has 0 N–H and O–H groups in total. The van der Waals surface area contributed by atoms with Crippen LogP contribution in [-0.2, 0) is 4.74 Å². The van der Waals surface area contributed by atoms with Crippen molar-refractivity contribution in [2.45, 2.75) is 46.5 Å². The van der Waals surface area contributed by atoms with Gasteiger partial charge in [0.05, 0.1) is 0 Å². The molecule has 0 aromatic carbocycles. The van der Waals surface area contributed by atoms with Gasteiger partial charge in [-0.05, 0) is 27.7 Å². The Balaban J connectivity index is 4.89. The molecule has 15 heavy (non-hydrogen) atoms. The summed E-state index contributed by atoms with van der Waals surface area (Å²) >= 11 is 34.5. The second-order valence-corrected chi connectivity index (χ2v) is 8.68. The van der Waals surface area contributed by atoms with E-state index in [0.29, 0.717) is 0 Å². The predicted molar refractivity (Wildman–Crippen MR) is 69.8 cm³/mol. The number of hydrogen-bond donors (Lipinski definition) is 0. The Kier molecular flexibility index (Phi) is 5.30. The van der Waals surface area contributed by atoms with E-state index in [2.05, 4.69) is 0 Å². The molecule has 0 aliphatic heterocycles. The molecule has 0 aliphatic rings. The summed E-state index contributed by atoms with van der Waals surface area (Å²) in [6.07, 6.45) is 0. The lowest BCUT2D eigenvalue weighted by Gasteiger charge is -2.42. The molecule has 0 unspecified atom stereocenters. The second kappa shape index (κ2) is 4.76. The minimum Gasteiger partial charge on any atom is -0.361 e. The Labute approximate surface area is 120 Å². The number of rotatable bonds is 2. The lowest BCUT2D eigenvalue weighted by atomic mass is 10.1. The molecule has 0 amide bonds. The van der Waals surface area contributed by atoms with E-state index in [1.54, 1.807) is 27.7 Å². The first-order chi connectivity index (χ1) is 6.21. The van der Waals surface area contributed by atoms with Crippen LogP contribution in [0.5, 0.6) is 0 Å². The van der Waals surface area contributed by atoms with Gasteiger partial charge in [0.2, 0.25) is 7.59 Å². The highest BCUT2D eigenvalue weighted by atomic mass is 35.6. The van der Waals surface area contributed by atoms with E-state index in [1.807, 2.05) is 0 Å².